The molecule has 29 heavy (non-hydrogen) atoms. The second kappa shape index (κ2) is 7.19. The lowest BCUT2D eigenvalue weighted by Crippen LogP contribution is -2.33. The Morgan fingerprint density at radius 2 is 1.93 bits per heavy atom. The average molecular weight is 407 g/mol. The van der Waals surface area contributed by atoms with Crippen LogP contribution in [0.3, 0.4) is 0 Å². The molecule has 2 atom stereocenters. The zero-order valence-corrected chi connectivity index (χ0v) is 17.4. The molecule has 0 radical (unpaired) electrons. The number of furan rings is 1. The topological polar surface area (TPSA) is 47.2 Å². The van der Waals surface area contributed by atoms with E-state index in [-0.39, 0.29) is 12.3 Å². The highest BCUT2D eigenvalue weighted by Gasteiger charge is 2.42. The number of methoxy groups -OCH3 is 1. The fourth-order valence-corrected chi connectivity index (χ4v) is 4.38. The first kappa shape index (κ1) is 18.2. The number of para-hydroxylation sites is 1. The Bertz CT molecular complexity index is 1070. The van der Waals surface area contributed by atoms with E-state index in [0.29, 0.717) is 0 Å². The van der Waals surface area contributed by atoms with Crippen molar-refractivity contribution in [1.29, 1.82) is 0 Å². The molecule has 0 fully saturated rings. The monoisotopic (exact) mass is 406 g/mol. The van der Waals surface area contributed by atoms with Gasteiger partial charge < -0.3 is 13.9 Å². The molecule has 6 heteroatoms. The van der Waals surface area contributed by atoms with Gasteiger partial charge in [0.1, 0.15) is 17.2 Å². The first-order chi connectivity index (χ1) is 14.2. The Labute approximate surface area is 174 Å². The molecule has 5 nitrogen and oxygen atoms in total. The highest BCUT2D eigenvalue weighted by atomic mass is 32.2. The molecular formula is C23H22N2O3S. The maximum Gasteiger partial charge on any atom is 0.214 e. The molecular weight excluding hydrogens is 384 g/mol. The van der Waals surface area contributed by atoms with Crippen molar-refractivity contribution in [2.24, 2.45) is 5.10 Å². The van der Waals surface area contributed by atoms with Gasteiger partial charge in [0.2, 0.25) is 6.23 Å². The van der Waals surface area contributed by atoms with Crippen LogP contribution in [0, 0.1) is 6.92 Å². The summed E-state index contributed by atoms with van der Waals surface area (Å²) < 4.78 is 17.9. The minimum absolute atomic E-state index is 0.0690. The molecule has 0 spiro atoms. The van der Waals surface area contributed by atoms with Gasteiger partial charge in [-0.05, 0) is 43.5 Å². The highest BCUT2D eigenvalue weighted by molar-refractivity contribution is 7.98. The lowest BCUT2D eigenvalue weighted by Gasteiger charge is -2.38. The lowest BCUT2D eigenvalue weighted by atomic mass is 9.97. The molecule has 3 aromatic rings. The van der Waals surface area contributed by atoms with Gasteiger partial charge in [-0.15, -0.1) is 11.8 Å². The van der Waals surface area contributed by atoms with E-state index in [9.17, 15) is 0 Å². The number of benzene rings is 2. The third-order valence-corrected chi connectivity index (χ3v) is 6.17. The van der Waals surface area contributed by atoms with Gasteiger partial charge in [-0.1, -0.05) is 24.3 Å². The number of hydrogen-bond acceptors (Lipinski definition) is 6. The van der Waals surface area contributed by atoms with Gasteiger partial charge in [0.05, 0.1) is 13.2 Å². The molecule has 0 N–H and O–H groups in total. The summed E-state index contributed by atoms with van der Waals surface area (Å²) in [6, 6.07) is 18.5. The molecule has 0 aliphatic carbocycles. The second-order valence-corrected chi connectivity index (χ2v) is 8.06. The van der Waals surface area contributed by atoms with E-state index in [0.717, 1.165) is 46.3 Å². The number of hydrazone groups is 1. The molecule has 0 saturated heterocycles. The van der Waals surface area contributed by atoms with Crippen LogP contribution in [0.1, 0.15) is 41.3 Å². The summed E-state index contributed by atoms with van der Waals surface area (Å²) in [5.74, 6) is 3.24. The van der Waals surface area contributed by atoms with Crippen molar-refractivity contribution in [3.05, 3.63) is 77.2 Å². The summed E-state index contributed by atoms with van der Waals surface area (Å²) in [6.45, 7) is 1.95. The Kier molecular flexibility index (Phi) is 4.51. The Hall–Kier alpha value is -2.86. The standard InChI is InChI=1S/C23H22N2O3S/c1-14-7-12-20(27-14)18-13-19-17-5-4-6-21(26-2)22(17)28-23(25(19)24-18)15-8-10-16(29-3)11-9-15/h4-12,19,23H,13H2,1-3H3/t19-,23+/m1/s1. The molecule has 3 heterocycles. The summed E-state index contributed by atoms with van der Waals surface area (Å²) in [7, 11) is 1.68. The van der Waals surface area contributed by atoms with Crippen molar-refractivity contribution in [3.63, 3.8) is 0 Å². The van der Waals surface area contributed by atoms with Gasteiger partial charge in [0.15, 0.2) is 11.5 Å². The SMILES string of the molecule is COc1cccc2c1O[C@@H](c1ccc(SC)cc1)N1N=C(c3ccc(C)o3)C[C@H]21. The van der Waals surface area contributed by atoms with Crippen LogP contribution in [0.2, 0.25) is 0 Å². The van der Waals surface area contributed by atoms with Gasteiger partial charge in [-0.25, -0.2) is 5.01 Å². The quantitative estimate of drug-likeness (QED) is 0.531. The van der Waals surface area contributed by atoms with E-state index in [1.54, 1.807) is 18.9 Å². The van der Waals surface area contributed by atoms with Gasteiger partial charge in [-0.3, -0.25) is 0 Å². The van der Waals surface area contributed by atoms with Gasteiger partial charge in [0.25, 0.3) is 0 Å². The van der Waals surface area contributed by atoms with Crippen molar-refractivity contribution in [2.45, 2.75) is 30.5 Å². The van der Waals surface area contributed by atoms with E-state index in [4.69, 9.17) is 19.0 Å². The Balaban J connectivity index is 1.60. The minimum Gasteiger partial charge on any atom is -0.493 e. The molecule has 2 aliphatic heterocycles. The highest BCUT2D eigenvalue weighted by Crippen LogP contribution is 2.50. The lowest BCUT2D eigenvalue weighted by molar-refractivity contribution is -0.0209. The van der Waals surface area contributed by atoms with Crippen LogP contribution < -0.4 is 9.47 Å². The molecule has 0 bridgehead atoms. The van der Waals surface area contributed by atoms with Crippen molar-refractivity contribution in [2.75, 3.05) is 13.4 Å². The molecule has 2 aromatic carbocycles. The third-order valence-electron chi connectivity index (χ3n) is 5.43. The fourth-order valence-electron chi connectivity index (χ4n) is 3.97. The van der Waals surface area contributed by atoms with E-state index < -0.39 is 0 Å². The number of thioether (sulfide) groups is 1. The minimum atomic E-state index is -0.326. The second-order valence-electron chi connectivity index (χ2n) is 7.18. The van der Waals surface area contributed by atoms with Crippen molar-refractivity contribution in [1.82, 2.24) is 5.01 Å². The number of aryl methyl sites for hydroxylation is 1. The normalized spacial score (nSPS) is 20.0. The smallest absolute Gasteiger partial charge is 0.214 e. The van der Waals surface area contributed by atoms with Crippen LogP contribution in [0.5, 0.6) is 11.5 Å². The largest absolute Gasteiger partial charge is 0.493 e. The van der Waals surface area contributed by atoms with Crippen molar-refractivity contribution >= 4 is 17.5 Å². The van der Waals surface area contributed by atoms with E-state index in [1.807, 2.05) is 31.2 Å². The van der Waals surface area contributed by atoms with Crippen LogP contribution in [-0.4, -0.2) is 24.1 Å². The van der Waals surface area contributed by atoms with Gasteiger partial charge in [-0.2, -0.15) is 5.10 Å². The van der Waals surface area contributed by atoms with Crippen LogP contribution >= 0.6 is 11.8 Å². The molecule has 148 valence electrons. The number of fused-ring (bicyclic) bond motifs is 3. The zero-order chi connectivity index (χ0) is 20.0. The van der Waals surface area contributed by atoms with Gasteiger partial charge in [0, 0.05) is 22.4 Å². The van der Waals surface area contributed by atoms with E-state index in [2.05, 4.69) is 41.6 Å². The fraction of sp³-hybridized carbons (Fsp3) is 0.261. The maximum absolute atomic E-state index is 6.47. The number of ether oxygens (including phenoxy) is 2. The van der Waals surface area contributed by atoms with E-state index >= 15 is 0 Å². The average Bonchev–Trinajstić information content (AvgIpc) is 3.39. The van der Waals surface area contributed by atoms with Crippen molar-refractivity contribution in [3.8, 4) is 11.5 Å². The molecule has 0 amide bonds. The summed E-state index contributed by atoms with van der Waals surface area (Å²) >= 11 is 1.72. The molecule has 0 saturated carbocycles. The summed E-state index contributed by atoms with van der Waals surface area (Å²) in [5, 5.41) is 6.99. The predicted octanol–water partition coefficient (Wildman–Crippen LogP) is 5.56. The van der Waals surface area contributed by atoms with Crippen LogP contribution in [0.4, 0.5) is 0 Å². The molecule has 5 rings (SSSR count). The number of nitrogens with zero attached hydrogens (tertiary/aromatic N) is 2. The van der Waals surface area contributed by atoms with E-state index in [1.165, 1.54) is 4.90 Å². The summed E-state index contributed by atoms with van der Waals surface area (Å²) in [5.41, 5.74) is 3.08. The molecule has 1 aromatic heterocycles. The summed E-state index contributed by atoms with van der Waals surface area (Å²) in [4.78, 5) is 1.22. The maximum atomic E-state index is 6.47. The Morgan fingerprint density at radius 1 is 1.10 bits per heavy atom. The van der Waals surface area contributed by atoms with Crippen molar-refractivity contribution < 1.29 is 13.9 Å². The van der Waals surface area contributed by atoms with Crippen LogP contribution in [-0.2, 0) is 0 Å². The first-order valence-electron chi connectivity index (χ1n) is 9.58. The Morgan fingerprint density at radius 3 is 2.62 bits per heavy atom. The number of rotatable bonds is 4. The van der Waals surface area contributed by atoms with Crippen LogP contribution in [0.15, 0.2) is 69.0 Å². The van der Waals surface area contributed by atoms with Crippen LogP contribution in [0.25, 0.3) is 0 Å². The summed E-state index contributed by atoms with van der Waals surface area (Å²) in [6.07, 6.45) is 2.51. The first-order valence-corrected chi connectivity index (χ1v) is 10.8. The zero-order valence-electron chi connectivity index (χ0n) is 16.6. The molecule has 2 aliphatic rings. The number of hydrogen-bond donors (Lipinski definition) is 0. The predicted molar refractivity (Wildman–Crippen MR) is 114 cm³/mol. The third kappa shape index (κ3) is 3.08. The van der Waals surface area contributed by atoms with Gasteiger partial charge >= 0.3 is 0 Å². The molecule has 0 unspecified atom stereocenters.